The highest BCUT2D eigenvalue weighted by Gasteiger charge is 2.44. The molecule has 0 unspecified atom stereocenters. The Morgan fingerprint density at radius 3 is 1.16 bits per heavy atom. The van der Waals surface area contributed by atoms with Gasteiger partial charge in [0.1, 0.15) is 5.65 Å². The highest BCUT2D eigenvalue weighted by molar-refractivity contribution is 6.29. The highest BCUT2D eigenvalue weighted by atomic mass is 16.5. The molecule has 13 heteroatoms. The molecule has 0 saturated heterocycles. The van der Waals surface area contributed by atoms with Crippen molar-refractivity contribution in [1.29, 1.82) is 0 Å². The van der Waals surface area contributed by atoms with E-state index in [9.17, 15) is 0 Å². The standard InChI is InChI=1S/2C25H16N2.2C22H19NO.C21H14N2.C20H13N3/c1-15-10-13-22-23(14-15)27-21-9-5-3-7-17(21)19-12-11-18-16-6-2-4-8-20(16)26(22)24(18)25(19)27;1-15-10-13-21-19(14-15)18-12-11-17-16-6-2-3-7-20(16)26-22-8-4-5-9-23(22)27(21)25(18)24(17)26;1-14-12-16-21-20(13-14)24-19-11-7-6-10-18(19)23(21)17-9-5-4-8-15(17)22(16,2)3;1-14-12-13-16-20-21(14)24-19-11-7-6-10-18(19)23(20)17-9-5-4-8-15(17)22(16,2)3;1-13-10-11-18-19(12-13)23-17-9-5-3-7-15(17)20-14-6-2-4-8-16(14)22(18)21(20)23;1-12-6-4-7-13-14-8-5-11-17-19(14)23(18(12)13)20-21-15-9-2-3-10-16(15)22(17)20/h2*2-14H,1H3;2*4-13H,1-3H3;2-12H,1H3;2-11H,1H3. The molecule has 12 aromatic heterocycles. The molecule has 0 fully saturated rings. The van der Waals surface area contributed by atoms with E-state index in [1.165, 1.54) is 264 Å². The van der Waals surface area contributed by atoms with Gasteiger partial charge in [-0.15, -0.1) is 0 Å². The lowest BCUT2D eigenvalue weighted by molar-refractivity contribution is 0.467. The zero-order chi connectivity index (χ0) is 98.6. The van der Waals surface area contributed by atoms with E-state index in [1.807, 2.05) is 30.3 Å². The summed E-state index contributed by atoms with van der Waals surface area (Å²) in [5.41, 5.74) is 47.7. The van der Waals surface area contributed by atoms with E-state index in [0.29, 0.717) is 0 Å². The van der Waals surface area contributed by atoms with Gasteiger partial charge in [0.25, 0.3) is 0 Å². The van der Waals surface area contributed by atoms with E-state index in [4.69, 9.17) is 14.5 Å². The van der Waals surface area contributed by atoms with Crippen molar-refractivity contribution in [3.8, 4) is 23.0 Å². The third-order valence-corrected chi connectivity index (χ3v) is 32.8. The minimum atomic E-state index is -0.0567. The van der Waals surface area contributed by atoms with Crippen LogP contribution in [-0.4, -0.2) is 40.2 Å². The second kappa shape index (κ2) is 30.5. The molecule has 0 atom stereocenters. The number of benzene rings is 20. The molecule has 0 bridgehead atoms. The van der Waals surface area contributed by atoms with Crippen molar-refractivity contribution in [1.82, 2.24) is 40.2 Å². The first-order chi connectivity index (χ1) is 72.5. The predicted octanol–water partition coefficient (Wildman–Crippen LogP) is 35.7. The molecule has 0 N–H and O–H groups in total. The number of para-hydroxylation sites is 17. The molecular weight excluding hydrogens is 1810 g/mol. The van der Waals surface area contributed by atoms with Crippen molar-refractivity contribution in [2.45, 2.75) is 80.1 Å². The van der Waals surface area contributed by atoms with Gasteiger partial charge in [0.15, 0.2) is 23.0 Å². The first-order valence-electron chi connectivity index (χ1n) is 51.4. The van der Waals surface area contributed by atoms with E-state index in [2.05, 4.69) is 490 Å². The fraction of sp³-hybridized carbons (Fsp3) is 0.0889. The van der Waals surface area contributed by atoms with Gasteiger partial charge in [0.2, 0.25) is 5.78 Å². The van der Waals surface area contributed by atoms with Crippen molar-refractivity contribution >= 4 is 231 Å². The van der Waals surface area contributed by atoms with Crippen LogP contribution in [0.1, 0.15) is 83.3 Å². The van der Waals surface area contributed by atoms with Gasteiger partial charge in [-0.2, -0.15) is 0 Å². The monoisotopic (exact) mass is 1900 g/mol. The fourth-order valence-corrected chi connectivity index (χ4v) is 26.4. The van der Waals surface area contributed by atoms with Crippen LogP contribution in [-0.2, 0) is 10.8 Å². The van der Waals surface area contributed by atoms with Gasteiger partial charge in [-0.1, -0.05) is 300 Å². The predicted molar refractivity (Wildman–Crippen MR) is 616 cm³/mol. The lowest BCUT2D eigenvalue weighted by atomic mass is 9.72. The number of ether oxygens (including phenoxy) is 2. The van der Waals surface area contributed by atoms with Gasteiger partial charge in [0.05, 0.1) is 150 Å². The molecule has 0 amide bonds. The molecule has 13 nitrogen and oxygen atoms in total. The van der Waals surface area contributed by atoms with Gasteiger partial charge in [-0.25, -0.2) is 4.98 Å². The largest absolute Gasteiger partial charge is 0.453 e. The van der Waals surface area contributed by atoms with Crippen LogP contribution >= 0.6 is 0 Å². The Morgan fingerprint density at radius 2 is 0.595 bits per heavy atom. The number of hydrogen-bond acceptors (Lipinski definition) is 5. The number of rotatable bonds is 0. The number of hydrogen-bond donors (Lipinski definition) is 0. The van der Waals surface area contributed by atoms with Crippen LogP contribution in [0, 0.1) is 41.5 Å². The van der Waals surface area contributed by atoms with Gasteiger partial charge < -0.3 is 36.9 Å². The smallest absolute Gasteiger partial charge is 0.220 e. The van der Waals surface area contributed by atoms with Crippen LogP contribution < -0.4 is 19.3 Å². The average Bonchev–Trinajstić information content (AvgIpc) is 1.13. The third-order valence-electron chi connectivity index (χ3n) is 32.8. The Hall–Kier alpha value is -18.6. The number of nitrogens with zero attached hydrogens (tertiary/aromatic N) is 11. The van der Waals surface area contributed by atoms with E-state index in [-0.39, 0.29) is 10.8 Å². The average molecular weight is 1910 g/mol. The number of fused-ring (bicyclic) bond motifs is 43. The van der Waals surface area contributed by atoms with Crippen LogP contribution in [0.15, 0.2) is 406 Å². The summed E-state index contributed by atoms with van der Waals surface area (Å²) >= 11 is 0. The second-order valence-corrected chi connectivity index (χ2v) is 42.1. The first-order valence-corrected chi connectivity index (χ1v) is 51.4. The molecular formula is C135H97N11O2. The molecule has 0 saturated carbocycles. The molecule has 4 aliphatic heterocycles. The molecule has 0 spiro atoms. The van der Waals surface area contributed by atoms with E-state index < -0.39 is 0 Å². The summed E-state index contributed by atoms with van der Waals surface area (Å²) in [7, 11) is 0. The van der Waals surface area contributed by atoms with Gasteiger partial charge in [0, 0.05) is 80.9 Å². The van der Waals surface area contributed by atoms with Gasteiger partial charge in [-0.05, 0) is 231 Å². The maximum atomic E-state index is 6.32. The summed E-state index contributed by atoms with van der Waals surface area (Å²) in [6, 6.07) is 146. The maximum absolute atomic E-state index is 6.32. The molecule has 36 rings (SSSR count). The van der Waals surface area contributed by atoms with Crippen LogP contribution in [0.3, 0.4) is 0 Å². The summed E-state index contributed by atoms with van der Waals surface area (Å²) < 4.78 is 31.9. The Morgan fingerprint density at radius 1 is 0.209 bits per heavy atom. The Balaban J connectivity index is 0.0000000804. The summed E-state index contributed by atoms with van der Waals surface area (Å²) in [6.45, 7) is 22.2. The molecule has 4 aliphatic rings. The lowest BCUT2D eigenvalue weighted by Crippen LogP contribution is -2.32. The molecule has 0 aliphatic carbocycles. The summed E-state index contributed by atoms with van der Waals surface area (Å²) in [4.78, 5) is 9.66. The Labute approximate surface area is 850 Å². The zero-order valence-corrected chi connectivity index (χ0v) is 83.4. The minimum absolute atomic E-state index is 0.0550. The van der Waals surface area contributed by atoms with E-state index in [0.717, 1.165) is 45.7 Å². The van der Waals surface area contributed by atoms with Gasteiger partial charge >= 0.3 is 0 Å². The minimum Gasteiger partial charge on any atom is -0.453 e. The van der Waals surface area contributed by atoms with Crippen LogP contribution in [0.4, 0.5) is 34.1 Å². The van der Waals surface area contributed by atoms with Crippen LogP contribution in [0.25, 0.3) is 197 Å². The lowest BCUT2D eigenvalue weighted by Gasteiger charge is -2.45. The number of anilines is 6. The molecule has 32 aromatic rings. The summed E-state index contributed by atoms with van der Waals surface area (Å²) in [5.74, 6) is 4.76. The van der Waals surface area contributed by atoms with Crippen molar-refractivity contribution in [3.63, 3.8) is 0 Å². The molecule has 148 heavy (non-hydrogen) atoms. The fourth-order valence-electron chi connectivity index (χ4n) is 26.4. The van der Waals surface area contributed by atoms with Crippen molar-refractivity contribution in [3.05, 3.63) is 462 Å². The number of imidazole rings is 3. The normalized spacial score (nSPS) is 13.7. The summed E-state index contributed by atoms with van der Waals surface area (Å²) in [5, 5.41) is 17.3. The zero-order valence-electron chi connectivity index (χ0n) is 83.4. The number of aromatic nitrogens is 9. The summed E-state index contributed by atoms with van der Waals surface area (Å²) in [6.07, 6.45) is 0. The SMILES string of the molecule is Cc1cc2c3c(c1)C(C)(C)c1ccccc1N3c1ccccc1O2.Cc1ccc2c(c1)c1ccc3c4ccccc4n4c5ccccc5n2c1c34.Cc1ccc2c(c1)n1c3ccccc3c3c4ccccc4n2c31.Cc1ccc2c(c1)n1c3ccccc3c3ccc4c5ccccc5n2c4c31.Cc1ccc2c3c1Oc1ccccc1N3c1ccccc1C2(C)C.Cc1cccc2c3cccc4c3n(c12)c1nc2ccccc2n41. The van der Waals surface area contributed by atoms with Crippen LogP contribution in [0.2, 0.25) is 0 Å². The van der Waals surface area contributed by atoms with Crippen LogP contribution in [0.5, 0.6) is 23.0 Å². The van der Waals surface area contributed by atoms with Gasteiger partial charge in [-0.3, -0.25) is 17.6 Å². The molecule has 16 heterocycles. The first kappa shape index (κ1) is 84.0. The molecule has 0 radical (unpaired) electrons. The van der Waals surface area contributed by atoms with E-state index >= 15 is 0 Å². The van der Waals surface area contributed by atoms with E-state index in [1.54, 1.807) is 0 Å². The van der Waals surface area contributed by atoms with Crippen molar-refractivity contribution in [2.75, 3.05) is 9.80 Å². The molecule has 20 aromatic carbocycles. The highest BCUT2D eigenvalue weighted by Crippen LogP contribution is 2.63. The molecule has 704 valence electrons. The topological polar surface area (TPSA) is 73.1 Å². The quantitative estimate of drug-likeness (QED) is 0.141. The van der Waals surface area contributed by atoms with Crippen molar-refractivity contribution in [2.24, 2.45) is 0 Å². The Kier molecular flexibility index (Phi) is 17.3. The maximum Gasteiger partial charge on any atom is 0.220 e. The third kappa shape index (κ3) is 11.3. The van der Waals surface area contributed by atoms with Crippen molar-refractivity contribution < 1.29 is 9.47 Å². The second-order valence-electron chi connectivity index (χ2n) is 42.1. The Bertz CT molecular complexity index is 11300. The number of aryl methyl sites for hydroxylation is 6.